The third-order valence-electron chi connectivity index (χ3n) is 3.63. The smallest absolute Gasteiger partial charge is 0.418 e. The molecule has 3 aromatic heterocycles. The summed E-state index contributed by atoms with van der Waals surface area (Å²) in [4.78, 5) is 12.3. The van der Waals surface area contributed by atoms with Crippen molar-refractivity contribution in [3.05, 3.63) is 35.2 Å². The van der Waals surface area contributed by atoms with E-state index in [1.54, 1.807) is 24.6 Å². The summed E-state index contributed by atoms with van der Waals surface area (Å²) in [7, 11) is 1.68. The van der Waals surface area contributed by atoms with Crippen LogP contribution in [0, 0.1) is 0 Å². The molecule has 0 fully saturated rings. The average Bonchev–Trinajstić information content (AvgIpc) is 2.88. The molecule has 25 heavy (non-hydrogen) atoms. The van der Waals surface area contributed by atoms with Crippen molar-refractivity contribution in [1.82, 2.24) is 19.5 Å². The predicted octanol–water partition coefficient (Wildman–Crippen LogP) is 3.83. The Kier molecular flexibility index (Phi) is 4.65. The third kappa shape index (κ3) is 3.31. The van der Waals surface area contributed by atoms with Crippen molar-refractivity contribution in [2.24, 2.45) is 7.05 Å². The Balaban J connectivity index is 2.24. The fraction of sp³-hybridized carbons (Fsp3) is 0.267. The zero-order valence-electron chi connectivity index (χ0n) is 13.1. The first-order valence-electron chi connectivity index (χ1n) is 7.16. The maximum Gasteiger partial charge on any atom is 0.418 e. The molecule has 3 rings (SSSR count). The van der Waals surface area contributed by atoms with Gasteiger partial charge in [-0.05, 0) is 18.1 Å². The molecule has 0 N–H and O–H groups in total. The molecule has 1 atom stereocenters. The van der Waals surface area contributed by atoms with Gasteiger partial charge in [-0.1, -0.05) is 11.6 Å². The Morgan fingerprint density at radius 1 is 1.24 bits per heavy atom. The summed E-state index contributed by atoms with van der Waals surface area (Å²) in [5, 5.41) is 0.245. The first kappa shape index (κ1) is 18.0. The van der Waals surface area contributed by atoms with Crippen LogP contribution in [0.2, 0.25) is 5.15 Å². The molecule has 0 aliphatic carbocycles. The summed E-state index contributed by atoms with van der Waals surface area (Å²) in [6, 6.07) is 2.41. The highest BCUT2D eigenvalue weighted by molar-refractivity contribution is 7.91. The lowest BCUT2D eigenvalue weighted by Gasteiger charge is -2.14. The summed E-state index contributed by atoms with van der Waals surface area (Å²) in [6.45, 7) is 1.62. The highest BCUT2D eigenvalue weighted by atomic mass is 35.5. The minimum Gasteiger partial charge on any atom is -0.611 e. The zero-order chi connectivity index (χ0) is 18.4. The molecule has 1 unspecified atom stereocenters. The third-order valence-corrected chi connectivity index (χ3v) is 5.17. The summed E-state index contributed by atoms with van der Waals surface area (Å²) in [6.07, 6.45) is -2.34. The molecule has 3 heterocycles. The Morgan fingerprint density at radius 2 is 1.96 bits per heavy atom. The number of aryl methyl sites for hydroxylation is 1. The number of alkyl halides is 3. The first-order valence-corrected chi connectivity index (χ1v) is 8.86. The molecule has 0 radical (unpaired) electrons. The number of halogens is 4. The van der Waals surface area contributed by atoms with Crippen LogP contribution in [0.5, 0.6) is 0 Å². The number of rotatable bonds is 3. The number of aromatic nitrogens is 4. The van der Waals surface area contributed by atoms with E-state index in [0.29, 0.717) is 16.9 Å². The van der Waals surface area contributed by atoms with Gasteiger partial charge in [0.05, 0.1) is 22.8 Å². The van der Waals surface area contributed by atoms with E-state index in [2.05, 4.69) is 15.0 Å². The maximum atomic E-state index is 13.0. The van der Waals surface area contributed by atoms with Crippen molar-refractivity contribution in [2.75, 3.05) is 5.75 Å². The molecule has 5 nitrogen and oxygen atoms in total. The van der Waals surface area contributed by atoms with Crippen LogP contribution < -0.4 is 0 Å². The number of nitrogens with zero attached hydrogens (tertiary/aromatic N) is 4. The molecule has 0 amide bonds. The standard InChI is InChI=1S/C15H12ClF3N4OS/c1-3-25(24)11-4-8(15(17,18)19)6-21-13(11)14-22-9-5-12(16)20-7-10(9)23(14)2/h4-7H,3H2,1-2H3. The Bertz CT molecular complexity index is 944. The van der Waals surface area contributed by atoms with E-state index in [1.807, 2.05) is 0 Å². The maximum absolute atomic E-state index is 13.0. The van der Waals surface area contributed by atoms with E-state index < -0.39 is 22.9 Å². The van der Waals surface area contributed by atoms with Crippen molar-refractivity contribution in [3.63, 3.8) is 0 Å². The fourth-order valence-corrected chi connectivity index (χ4v) is 3.45. The average molecular weight is 389 g/mol. The molecular weight excluding hydrogens is 377 g/mol. The minimum absolute atomic E-state index is 0.00483. The van der Waals surface area contributed by atoms with Gasteiger partial charge in [-0.15, -0.1) is 0 Å². The molecule has 10 heteroatoms. The summed E-state index contributed by atoms with van der Waals surface area (Å²) < 4.78 is 52.9. The van der Waals surface area contributed by atoms with Crippen LogP contribution >= 0.6 is 11.6 Å². The molecule has 0 aliphatic rings. The van der Waals surface area contributed by atoms with Crippen molar-refractivity contribution in [3.8, 4) is 11.5 Å². The van der Waals surface area contributed by atoms with Gasteiger partial charge in [-0.3, -0.25) is 0 Å². The van der Waals surface area contributed by atoms with E-state index in [1.165, 1.54) is 6.20 Å². The van der Waals surface area contributed by atoms with Gasteiger partial charge in [0.2, 0.25) is 0 Å². The van der Waals surface area contributed by atoms with E-state index in [0.717, 1.165) is 12.3 Å². The van der Waals surface area contributed by atoms with Gasteiger partial charge < -0.3 is 9.12 Å². The minimum atomic E-state index is -4.57. The lowest BCUT2D eigenvalue weighted by Crippen LogP contribution is -2.13. The number of hydrogen-bond donors (Lipinski definition) is 0. The summed E-state index contributed by atoms with van der Waals surface area (Å²) in [5.74, 6) is 0.456. The quantitative estimate of drug-likeness (QED) is 0.505. The Labute approximate surface area is 149 Å². The van der Waals surface area contributed by atoms with Gasteiger partial charge in [-0.25, -0.2) is 15.0 Å². The van der Waals surface area contributed by atoms with E-state index in [4.69, 9.17) is 11.6 Å². The second kappa shape index (κ2) is 6.47. The van der Waals surface area contributed by atoms with Crippen LogP contribution in [-0.4, -0.2) is 29.8 Å². The van der Waals surface area contributed by atoms with Crippen LogP contribution in [0.1, 0.15) is 12.5 Å². The van der Waals surface area contributed by atoms with Gasteiger partial charge in [0.1, 0.15) is 10.9 Å². The fourth-order valence-electron chi connectivity index (χ4n) is 2.37. The molecule has 3 aromatic rings. The Morgan fingerprint density at radius 3 is 2.60 bits per heavy atom. The summed E-state index contributed by atoms with van der Waals surface area (Å²) >= 11 is 4.21. The second-order valence-electron chi connectivity index (χ2n) is 5.19. The van der Waals surface area contributed by atoms with Gasteiger partial charge in [0.15, 0.2) is 16.4 Å². The number of imidazole rings is 1. The largest absolute Gasteiger partial charge is 0.611 e. The molecule has 0 aromatic carbocycles. The van der Waals surface area contributed by atoms with Crippen molar-refractivity contribution in [1.29, 1.82) is 0 Å². The highest BCUT2D eigenvalue weighted by Gasteiger charge is 2.34. The lowest BCUT2D eigenvalue weighted by molar-refractivity contribution is -0.138. The monoisotopic (exact) mass is 388 g/mol. The molecular formula is C15H12ClF3N4OS. The van der Waals surface area contributed by atoms with Gasteiger partial charge in [-0.2, -0.15) is 13.2 Å². The van der Waals surface area contributed by atoms with Gasteiger partial charge >= 0.3 is 6.18 Å². The van der Waals surface area contributed by atoms with E-state index in [-0.39, 0.29) is 21.5 Å². The number of fused-ring (bicyclic) bond motifs is 1. The SMILES string of the molecule is CC[S+]([O-])c1cc(C(F)(F)F)cnc1-c1nc2cc(Cl)ncc2n1C. The number of hydrogen-bond acceptors (Lipinski definition) is 4. The first-order chi connectivity index (χ1) is 11.7. The molecule has 0 saturated heterocycles. The molecule has 0 saturated carbocycles. The van der Waals surface area contributed by atoms with Crippen molar-refractivity contribution >= 4 is 33.8 Å². The summed E-state index contributed by atoms with van der Waals surface area (Å²) in [5.41, 5.74) is 0.348. The van der Waals surface area contributed by atoms with Crippen molar-refractivity contribution in [2.45, 2.75) is 18.0 Å². The number of pyridine rings is 2. The van der Waals surface area contributed by atoms with E-state index >= 15 is 0 Å². The molecule has 0 bridgehead atoms. The molecule has 0 aliphatic heterocycles. The highest BCUT2D eigenvalue weighted by Crippen LogP contribution is 2.34. The van der Waals surface area contributed by atoms with E-state index in [9.17, 15) is 17.7 Å². The Hall–Kier alpha value is -1.84. The lowest BCUT2D eigenvalue weighted by atomic mass is 10.2. The zero-order valence-corrected chi connectivity index (χ0v) is 14.7. The van der Waals surface area contributed by atoms with Crippen LogP contribution in [0.25, 0.3) is 22.6 Å². The van der Waals surface area contributed by atoms with Crippen LogP contribution in [0.4, 0.5) is 13.2 Å². The second-order valence-corrected chi connectivity index (χ2v) is 7.29. The molecule has 0 spiro atoms. The normalized spacial score (nSPS) is 13.4. The topological polar surface area (TPSA) is 66.7 Å². The van der Waals surface area contributed by atoms with Gasteiger partial charge in [0.25, 0.3) is 0 Å². The van der Waals surface area contributed by atoms with Crippen LogP contribution in [-0.2, 0) is 24.4 Å². The van der Waals surface area contributed by atoms with Crippen LogP contribution in [0.15, 0.2) is 29.4 Å². The predicted molar refractivity (Wildman–Crippen MR) is 88.7 cm³/mol. The van der Waals surface area contributed by atoms with Crippen LogP contribution in [0.3, 0.4) is 0 Å². The molecule has 132 valence electrons. The van der Waals surface area contributed by atoms with Crippen molar-refractivity contribution < 1.29 is 17.7 Å². The van der Waals surface area contributed by atoms with Gasteiger partial charge in [0, 0.05) is 25.4 Å².